The normalized spacial score (nSPS) is 17.8. The van der Waals surface area contributed by atoms with Gasteiger partial charge in [0, 0.05) is 12.7 Å². The number of hydrogen-bond acceptors (Lipinski definition) is 5. The summed E-state index contributed by atoms with van der Waals surface area (Å²) in [6, 6.07) is 14.7. The van der Waals surface area contributed by atoms with Gasteiger partial charge >= 0.3 is 6.18 Å². The smallest absolute Gasteiger partial charge is 0.416 e. The summed E-state index contributed by atoms with van der Waals surface area (Å²) < 4.78 is 44.8. The number of methoxy groups -OCH3 is 1. The molecule has 2 heterocycles. The number of rotatable bonds is 5. The molecule has 1 amide bonds. The number of aliphatic hydroxyl groups is 1. The number of likely N-dealkylation sites (tertiary alicyclic amines) is 1. The average Bonchev–Trinajstić information content (AvgIpc) is 3.08. The third kappa shape index (κ3) is 4.24. The lowest BCUT2D eigenvalue weighted by molar-refractivity contribution is -0.140. The van der Waals surface area contributed by atoms with E-state index in [9.17, 15) is 27.9 Å². The van der Waals surface area contributed by atoms with Crippen LogP contribution in [0.5, 0.6) is 5.75 Å². The number of carbonyl (C=O) groups excluding carboxylic acids is 2. The van der Waals surface area contributed by atoms with Crippen LogP contribution >= 0.6 is 0 Å². The van der Waals surface area contributed by atoms with Crippen LogP contribution in [0, 0.1) is 0 Å². The predicted octanol–water partition coefficient (Wildman–Crippen LogP) is 4.73. The number of halogens is 3. The van der Waals surface area contributed by atoms with Gasteiger partial charge in [0.15, 0.2) is 0 Å². The van der Waals surface area contributed by atoms with Gasteiger partial charge in [-0.3, -0.25) is 14.6 Å². The minimum Gasteiger partial charge on any atom is -0.507 e. The lowest BCUT2D eigenvalue weighted by Gasteiger charge is -2.25. The molecule has 9 heteroatoms. The van der Waals surface area contributed by atoms with E-state index in [1.807, 2.05) is 0 Å². The number of ether oxygens (including phenoxy) is 1. The molecule has 6 nitrogen and oxygen atoms in total. The van der Waals surface area contributed by atoms with Gasteiger partial charge in [0.05, 0.1) is 29.5 Å². The van der Waals surface area contributed by atoms with E-state index >= 15 is 0 Å². The number of amides is 1. The molecule has 4 rings (SSSR count). The zero-order chi connectivity index (χ0) is 24.5. The Balaban J connectivity index is 1.85. The Morgan fingerprint density at radius 2 is 1.79 bits per heavy atom. The zero-order valence-corrected chi connectivity index (χ0v) is 17.9. The van der Waals surface area contributed by atoms with Crippen molar-refractivity contribution in [3.63, 3.8) is 0 Å². The highest BCUT2D eigenvalue weighted by Gasteiger charge is 2.47. The molecule has 2 aromatic carbocycles. The van der Waals surface area contributed by atoms with Crippen LogP contribution in [-0.2, 0) is 22.3 Å². The molecule has 3 aromatic rings. The van der Waals surface area contributed by atoms with Crippen molar-refractivity contribution in [2.24, 2.45) is 0 Å². The molecule has 1 fully saturated rings. The largest absolute Gasteiger partial charge is 0.507 e. The molecule has 1 aliphatic rings. The zero-order valence-electron chi connectivity index (χ0n) is 17.9. The number of benzene rings is 2. The summed E-state index contributed by atoms with van der Waals surface area (Å²) in [5.41, 5.74) is -0.437. The van der Waals surface area contributed by atoms with E-state index in [1.54, 1.807) is 36.4 Å². The second kappa shape index (κ2) is 9.01. The van der Waals surface area contributed by atoms with Gasteiger partial charge in [-0.1, -0.05) is 30.3 Å². The molecular weight excluding hydrogens is 449 g/mol. The molecule has 0 saturated carbocycles. The van der Waals surface area contributed by atoms with E-state index in [-0.39, 0.29) is 34.7 Å². The highest BCUT2D eigenvalue weighted by molar-refractivity contribution is 6.46. The number of para-hydroxylation sites is 1. The van der Waals surface area contributed by atoms with Crippen molar-refractivity contribution in [2.45, 2.75) is 18.8 Å². The number of nitrogens with zero attached hydrogens (tertiary/aromatic N) is 2. The molecule has 1 saturated heterocycles. The molecular formula is C25H19F3N2O4. The summed E-state index contributed by atoms with van der Waals surface area (Å²) in [6.45, 7) is -0.293. The van der Waals surface area contributed by atoms with Crippen LogP contribution in [0.25, 0.3) is 5.76 Å². The van der Waals surface area contributed by atoms with E-state index < -0.39 is 35.2 Å². The fourth-order valence-electron chi connectivity index (χ4n) is 3.92. The maximum atomic E-state index is 13.2. The average molecular weight is 468 g/mol. The van der Waals surface area contributed by atoms with Crippen LogP contribution in [0.15, 0.2) is 78.5 Å². The van der Waals surface area contributed by atoms with Crippen molar-refractivity contribution in [1.29, 1.82) is 0 Å². The van der Waals surface area contributed by atoms with E-state index in [0.29, 0.717) is 0 Å². The van der Waals surface area contributed by atoms with Crippen LogP contribution in [0.2, 0.25) is 0 Å². The number of Topliss-reactive ketones (excluding diaryl/α,β-unsaturated/α-hetero) is 1. The first kappa shape index (κ1) is 23.0. The minimum absolute atomic E-state index is 0.176. The third-order valence-electron chi connectivity index (χ3n) is 5.48. The van der Waals surface area contributed by atoms with Gasteiger partial charge in [0.25, 0.3) is 11.7 Å². The molecule has 174 valence electrons. The Kier molecular flexibility index (Phi) is 6.10. The van der Waals surface area contributed by atoms with Crippen molar-refractivity contribution in [2.75, 3.05) is 7.11 Å². The molecule has 1 aliphatic heterocycles. The standard InChI is InChI=1S/C25H19F3N2O4/c1-34-19-11-3-2-9-17(19)22(31)20-21(18-10-4-5-12-29-18)30(24(33)23(20)32)14-15-7-6-8-16(13-15)25(26,27)28/h2-13,21,31H,14H2,1H3/b22-20+. The Hall–Kier alpha value is -4.14. The van der Waals surface area contributed by atoms with Crippen molar-refractivity contribution < 1.29 is 32.6 Å². The molecule has 34 heavy (non-hydrogen) atoms. The molecule has 0 bridgehead atoms. The van der Waals surface area contributed by atoms with Crippen LogP contribution in [0.3, 0.4) is 0 Å². The fraction of sp³-hybridized carbons (Fsp3) is 0.160. The topological polar surface area (TPSA) is 79.7 Å². The highest BCUT2D eigenvalue weighted by atomic mass is 19.4. The third-order valence-corrected chi connectivity index (χ3v) is 5.48. The van der Waals surface area contributed by atoms with Crippen LogP contribution < -0.4 is 4.74 Å². The summed E-state index contributed by atoms with van der Waals surface area (Å²) in [4.78, 5) is 31.5. The van der Waals surface area contributed by atoms with E-state index in [1.165, 1.54) is 31.5 Å². The van der Waals surface area contributed by atoms with E-state index in [4.69, 9.17) is 4.74 Å². The van der Waals surface area contributed by atoms with Crippen LogP contribution in [0.4, 0.5) is 13.2 Å². The second-order valence-electron chi connectivity index (χ2n) is 7.58. The Morgan fingerprint density at radius 3 is 2.47 bits per heavy atom. The number of aliphatic hydroxyl groups excluding tert-OH is 1. The molecule has 1 aromatic heterocycles. The van der Waals surface area contributed by atoms with Gasteiger partial charge in [0.1, 0.15) is 17.6 Å². The second-order valence-corrected chi connectivity index (χ2v) is 7.58. The Morgan fingerprint density at radius 1 is 1.06 bits per heavy atom. The van der Waals surface area contributed by atoms with Gasteiger partial charge in [0.2, 0.25) is 0 Å². The Bertz CT molecular complexity index is 1270. The van der Waals surface area contributed by atoms with Gasteiger partial charge in [-0.15, -0.1) is 0 Å². The number of aromatic nitrogens is 1. The van der Waals surface area contributed by atoms with Crippen molar-refractivity contribution in [1.82, 2.24) is 9.88 Å². The molecule has 0 aliphatic carbocycles. The number of carbonyl (C=O) groups is 2. The molecule has 0 radical (unpaired) electrons. The SMILES string of the molecule is COc1ccccc1/C(O)=C1\C(=O)C(=O)N(Cc2cccc(C(F)(F)F)c2)C1c1ccccn1. The minimum atomic E-state index is -4.56. The van der Waals surface area contributed by atoms with Crippen molar-refractivity contribution >= 4 is 17.4 Å². The van der Waals surface area contributed by atoms with Crippen LogP contribution in [0.1, 0.15) is 28.4 Å². The monoisotopic (exact) mass is 468 g/mol. The maximum absolute atomic E-state index is 13.2. The molecule has 0 spiro atoms. The van der Waals surface area contributed by atoms with Gasteiger partial charge < -0.3 is 14.7 Å². The first-order valence-electron chi connectivity index (χ1n) is 10.2. The van der Waals surface area contributed by atoms with Gasteiger partial charge in [-0.25, -0.2) is 0 Å². The van der Waals surface area contributed by atoms with Crippen LogP contribution in [-0.4, -0.2) is 33.8 Å². The molecule has 1 unspecified atom stereocenters. The number of alkyl halides is 3. The summed E-state index contributed by atoms with van der Waals surface area (Å²) in [5, 5.41) is 11.1. The summed E-state index contributed by atoms with van der Waals surface area (Å²) in [6.07, 6.45) is -3.10. The number of hydrogen-bond donors (Lipinski definition) is 1. The predicted molar refractivity (Wildman–Crippen MR) is 117 cm³/mol. The first-order chi connectivity index (χ1) is 16.2. The number of ketones is 1. The van der Waals surface area contributed by atoms with E-state index in [0.717, 1.165) is 17.0 Å². The van der Waals surface area contributed by atoms with Gasteiger partial charge in [-0.2, -0.15) is 13.2 Å². The lowest BCUT2D eigenvalue weighted by Crippen LogP contribution is -2.29. The fourth-order valence-corrected chi connectivity index (χ4v) is 3.92. The van der Waals surface area contributed by atoms with E-state index in [2.05, 4.69) is 4.98 Å². The van der Waals surface area contributed by atoms with Crippen molar-refractivity contribution in [3.8, 4) is 5.75 Å². The summed E-state index contributed by atoms with van der Waals surface area (Å²) >= 11 is 0. The quantitative estimate of drug-likeness (QED) is 0.333. The first-order valence-corrected chi connectivity index (χ1v) is 10.2. The molecule has 1 atom stereocenters. The summed E-state index contributed by atoms with van der Waals surface area (Å²) in [7, 11) is 1.40. The van der Waals surface area contributed by atoms with Crippen molar-refractivity contribution in [3.05, 3.63) is 101 Å². The number of pyridine rings is 1. The highest BCUT2D eigenvalue weighted by Crippen LogP contribution is 2.41. The lowest BCUT2D eigenvalue weighted by atomic mass is 9.97. The summed E-state index contributed by atoms with van der Waals surface area (Å²) in [5.74, 6) is -2.10. The Labute approximate surface area is 192 Å². The van der Waals surface area contributed by atoms with Gasteiger partial charge in [-0.05, 0) is 42.0 Å². The molecule has 1 N–H and O–H groups in total. The maximum Gasteiger partial charge on any atom is 0.416 e.